The maximum atomic E-state index is 13.0. The predicted octanol–water partition coefficient (Wildman–Crippen LogP) is 1.64. The van der Waals surface area contributed by atoms with Crippen molar-refractivity contribution in [1.82, 2.24) is 24.9 Å². The summed E-state index contributed by atoms with van der Waals surface area (Å²) in [7, 11) is 0. The Balaban J connectivity index is 1.27. The summed E-state index contributed by atoms with van der Waals surface area (Å²) in [5.41, 5.74) is 7.18. The predicted molar refractivity (Wildman–Crippen MR) is 111 cm³/mol. The standard InChI is InChI=1S/C21H28N6O4/c22-19-10-17(7-8-23-19)27-11-16(24-25-27)12-31-13-18-2-1-9-26(18)20(28)14-3-5-15(6-4-14)21(29)30/h7-8,10-11,14-15,18H,1-6,9,12-13H2,(H2,22,23)(H,29,30)/t14?,15?,18-/m1/s1. The lowest BCUT2D eigenvalue weighted by Gasteiger charge is -2.32. The van der Waals surface area contributed by atoms with Gasteiger partial charge in [0.2, 0.25) is 5.91 Å². The van der Waals surface area contributed by atoms with Crippen molar-refractivity contribution in [2.45, 2.75) is 51.2 Å². The van der Waals surface area contributed by atoms with Gasteiger partial charge in [0.05, 0.1) is 37.1 Å². The highest BCUT2D eigenvalue weighted by atomic mass is 16.5. The number of aliphatic carboxylic acids is 1. The normalized spacial score (nSPS) is 23.7. The first kappa shape index (κ1) is 21.2. The molecule has 1 saturated heterocycles. The molecule has 2 aliphatic rings. The van der Waals surface area contributed by atoms with Crippen molar-refractivity contribution in [3.63, 3.8) is 0 Å². The van der Waals surface area contributed by atoms with Crippen molar-refractivity contribution in [2.75, 3.05) is 18.9 Å². The molecule has 3 N–H and O–H groups in total. The lowest BCUT2D eigenvalue weighted by Crippen LogP contribution is -2.43. The molecule has 2 aromatic rings. The summed E-state index contributed by atoms with van der Waals surface area (Å²) in [6, 6.07) is 3.56. The molecule has 0 radical (unpaired) electrons. The Morgan fingerprint density at radius 3 is 2.71 bits per heavy atom. The fourth-order valence-corrected chi connectivity index (χ4v) is 4.49. The number of nitrogen functional groups attached to an aromatic ring is 1. The summed E-state index contributed by atoms with van der Waals surface area (Å²) in [5.74, 6) is -0.560. The summed E-state index contributed by atoms with van der Waals surface area (Å²) in [4.78, 5) is 30.0. The van der Waals surface area contributed by atoms with Crippen LogP contribution in [-0.4, -0.2) is 61.1 Å². The first-order chi connectivity index (χ1) is 15.0. The van der Waals surface area contributed by atoms with Crippen molar-refractivity contribution in [3.8, 4) is 5.69 Å². The number of carbonyl (C=O) groups is 2. The van der Waals surface area contributed by atoms with Gasteiger partial charge in [-0.15, -0.1) is 5.10 Å². The number of hydrogen-bond donors (Lipinski definition) is 2. The molecule has 166 valence electrons. The zero-order chi connectivity index (χ0) is 21.8. The van der Waals surface area contributed by atoms with E-state index in [1.807, 2.05) is 4.90 Å². The molecule has 1 amide bonds. The van der Waals surface area contributed by atoms with Gasteiger partial charge >= 0.3 is 5.97 Å². The van der Waals surface area contributed by atoms with Crippen LogP contribution < -0.4 is 5.73 Å². The first-order valence-corrected chi connectivity index (χ1v) is 10.8. The minimum atomic E-state index is -0.748. The molecule has 2 fully saturated rings. The molecule has 4 rings (SSSR count). The molecule has 1 aliphatic heterocycles. The third kappa shape index (κ3) is 5.01. The van der Waals surface area contributed by atoms with E-state index in [9.17, 15) is 9.59 Å². The van der Waals surface area contributed by atoms with Gasteiger partial charge in [0.1, 0.15) is 11.5 Å². The van der Waals surface area contributed by atoms with Gasteiger partial charge in [-0.1, -0.05) is 5.21 Å². The molecule has 10 heteroatoms. The van der Waals surface area contributed by atoms with E-state index in [1.54, 1.807) is 29.2 Å². The number of ether oxygens (including phenoxy) is 1. The summed E-state index contributed by atoms with van der Waals surface area (Å²) < 4.78 is 7.49. The van der Waals surface area contributed by atoms with E-state index in [2.05, 4.69) is 15.3 Å². The van der Waals surface area contributed by atoms with Gasteiger partial charge < -0.3 is 20.5 Å². The van der Waals surface area contributed by atoms with Crippen LogP contribution in [0.2, 0.25) is 0 Å². The van der Waals surface area contributed by atoms with Gasteiger partial charge in [-0.25, -0.2) is 9.67 Å². The Labute approximate surface area is 180 Å². The molecule has 1 atom stereocenters. The summed E-state index contributed by atoms with van der Waals surface area (Å²) in [5, 5.41) is 17.4. The molecule has 0 spiro atoms. The van der Waals surface area contributed by atoms with E-state index >= 15 is 0 Å². The Morgan fingerprint density at radius 2 is 1.97 bits per heavy atom. The summed E-state index contributed by atoms with van der Waals surface area (Å²) >= 11 is 0. The van der Waals surface area contributed by atoms with Crippen molar-refractivity contribution in [2.24, 2.45) is 11.8 Å². The van der Waals surface area contributed by atoms with Gasteiger partial charge in [0.25, 0.3) is 0 Å². The van der Waals surface area contributed by atoms with E-state index in [-0.39, 0.29) is 23.8 Å². The fourth-order valence-electron chi connectivity index (χ4n) is 4.49. The zero-order valence-corrected chi connectivity index (χ0v) is 17.4. The highest BCUT2D eigenvalue weighted by Crippen LogP contribution is 2.32. The highest BCUT2D eigenvalue weighted by Gasteiger charge is 2.36. The van der Waals surface area contributed by atoms with Crippen LogP contribution in [0.15, 0.2) is 24.5 Å². The number of pyridine rings is 1. The SMILES string of the molecule is Nc1cc(-n2cc(COC[C@H]3CCCN3C(=O)C3CCC(C(=O)O)CC3)nn2)ccn1. The smallest absolute Gasteiger partial charge is 0.306 e. The Kier molecular flexibility index (Phi) is 6.45. The van der Waals surface area contributed by atoms with Gasteiger partial charge in [-0.05, 0) is 44.6 Å². The molecule has 2 aromatic heterocycles. The van der Waals surface area contributed by atoms with E-state index < -0.39 is 5.97 Å². The Morgan fingerprint density at radius 1 is 1.19 bits per heavy atom. The molecule has 10 nitrogen and oxygen atoms in total. The largest absolute Gasteiger partial charge is 0.481 e. The number of anilines is 1. The van der Waals surface area contributed by atoms with Crippen LogP contribution in [0.4, 0.5) is 5.82 Å². The number of carbonyl (C=O) groups excluding carboxylic acids is 1. The fraction of sp³-hybridized carbons (Fsp3) is 0.571. The third-order valence-corrected chi connectivity index (χ3v) is 6.22. The monoisotopic (exact) mass is 428 g/mol. The summed E-state index contributed by atoms with van der Waals surface area (Å²) in [6.07, 6.45) is 7.75. The molecule has 3 heterocycles. The summed E-state index contributed by atoms with van der Waals surface area (Å²) in [6.45, 7) is 1.50. The van der Waals surface area contributed by atoms with Crippen LogP contribution in [0.1, 0.15) is 44.2 Å². The van der Waals surface area contributed by atoms with E-state index in [4.69, 9.17) is 15.6 Å². The first-order valence-electron chi connectivity index (χ1n) is 10.8. The Hall–Kier alpha value is -3.01. The van der Waals surface area contributed by atoms with E-state index in [0.717, 1.165) is 25.1 Å². The van der Waals surface area contributed by atoms with Crippen LogP contribution in [0, 0.1) is 11.8 Å². The van der Waals surface area contributed by atoms with Gasteiger partial charge in [-0.3, -0.25) is 9.59 Å². The zero-order valence-electron chi connectivity index (χ0n) is 17.4. The minimum absolute atomic E-state index is 0.0553. The number of carboxylic acids is 1. The van der Waals surface area contributed by atoms with E-state index in [0.29, 0.717) is 50.4 Å². The van der Waals surface area contributed by atoms with Crippen molar-refractivity contribution >= 4 is 17.7 Å². The lowest BCUT2D eigenvalue weighted by molar-refractivity contribution is -0.146. The number of carboxylic acid groups (broad SMARTS) is 1. The van der Waals surface area contributed by atoms with Crippen LogP contribution in [0.25, 0.3) is 5.69 Å². The van der Waals surface area contributed by atoms with E-state index in [1.165, 1.54) is 0 Å². The lowest BCUT2D eigenvalue weighted by atomic mass is 9.81. The van der Waals surface area contributed by atoms with Crippen LogP contribution >= 0.6 is 0 Å². The highest BCUT2D eigenvalue weighted by molar-refractivity contribution is 5.80. The number of amides is 1. The van der Waals surface area contributed by atoms with Crippen molar-refractivity contribution < 1.29 is 19.4 Å². The maximum absolute atomic E-state index is 13.0. The van der Waals surface area contributed by atoms with Crippen molar-refractivity contribution in [1.29, 1.82) is 0 Å². The average Bonchev–Trinajstić information content (AvgIpc) is 3.43. The topological polar surface area (TPSA) is 136 Å². The van der Waals surface area contributed by atoms with Crippen LogP contribution in [0.5, 0.6) is 0 Å². The van der Waals surface area contributed by atoms with Gasteiger partial charge in [0, 0.05) is 24.7 Å². The van der Waals surface area contributed by atoms with Crippen LogP contribution in [-0.2, 0) is 20.9 Å². The average molecular weight is 428 g/mol. The van der Waals surface area contributed by atoms with Crippen LogP contribution in [0.3, 0.4) is 0 Å². The molecular weight excluding hydrogens is 400 g/mol. The molecule has 31 heavy (non-hydrogen) atoms. The quantitative estimate of drug-likeness (QED) is 0.679. The third-order valence-electron chi connectivity index (χ3n) is 6.22. The van der Waals surface area contributed by atoms with Crippen molar-refractivity contribution in [3.05, 3.63) is 30.2 Å². The number of likely N-dealkylation sites (tertiary alicyclic amines) is 1. The Bertz CT molecular complexity index is 924. The second-order valence-electron chi connectivity index (χ2n) is 8.32. The number of hydrogen-bond acceptors (Lipinski definition) is 7. The minimum Gasteiger partial charge on any atom is -0.481 e. The number of nitrogens with zero attached hydrogens (tertiary/aromatic N) is 5. The second-order valence-corrected chi connectivity index (χ2v) is 8.32. The molecular formula is C21H28N6O4. The molecule has 1 saturated carbocycles. The number of nitrogens with two attached hydrogens (primary N) is 1. The number of rotatable bonds is 7. The molecule has 0 aromatic carbocycles. The van der Waals surface area contributed by atoms with Gasteiger partial charge in [0.15, 0.2) is 0 Å². The van der Waals surface area contributed by atoms with Gasteiger partial charge in [-0.2, -0.15) is 0 Å². The second kappa shape index (κ2) is 9.42. The number of aromatic nitrogens is 4. The maximum Gasteiger partial charge on any atom is 0.306 e. The molecule has 0 unspecified atom stereocenters. The molecule has 0 bridgehead atoms. The molecule has 1 aliphatic carbocycles.